The molecular weight excluding hydrogens is 376 g/mol. The predicted octanol–water partition coefficient (Wildman–Crippen LogP) is 3.02. The summed E-state index contributed by atoms with van der Waals surface area (Å²) in [7, 11) is 0. The molecule has 0 spiro atoms. The molecule has 29 heavy (non-hydrogen) atoms. The number of para-hydroxylation sites is 1. The van der Waals surface area contributed by atoms with Crippen molar-refractivity contribution in [3.8, 4) is 17.2 Å². The third kappa shape index (κ3) is 2.81. The van der Waals surface area contributed by atoms with Gasteiger partial charge in [0.1, 0.15) is 24.5 Å². The number of carbonyl (C=O) groups is 1. The molecule has 0 N–H and O–H groups in total. The molecule has 7 nitrogen and oxygen atoms in total. The van der Waals surface area contributed by atoms with E-state index in [9.17, 15) is 9.59 Å². The van der Waals surface area contributed by atoms with Crippen LogP contribution in [0.15, 0.2) is 51.7 Å². The van der Waals surface area contributed by atoms with Gasteiger partial charge in [0.25, 0.3) is 0 Å². The third-order valence-corrected chi connectivity index (χ3v) is 5.10. The molecule has 0 radical (unpaired) electrons. The molecule has 0 bridgehead atoms. The van der Waals surface area contributed by atoms with E-state index in [1.807, 2.05) is 6.07 Å². The second-order valence-electron chi connectivity index (χ2n) is 6.80. The fourth-order valence-corrected chi connectivity index (χ4v) is 3.88. The summed E-state index contributed by atoms with van der Waals surface area (Å²) in [5.41, 5.74) is 0.860. The van der Waals surface area contributed by atoms with Crippen LogP contribution in [0.5, 0.6) is 17.2 Å². The maximum atomic E-state index is 12.9. The van der Waals surface area contributed by atoms with Crippen molar-refractivity contribution in [3.05, 3.63) is 64.0 Å². The largest absolute Gasteiger partial charge is 0.486 e. The van der Waals surface area contributed by atoms with Crippen molar-refractivity contribution in [2.45, 2.75) is 18.9 Å². The van der Waals surface area contributed by atoms with Crippen LogP contribution in [0, 0.1) is 0 Å². The summed E-state index contributed by atoms with van der Waals surface area (Å²) in [5, 5.41) is 0.636. The van der Waals surface area contributed by atoms with Crippen molar-refractivity contribution in [2.75, 3.05) is 19.8 Å². The lowest BCUT2D eigenvalue weighted by Gasteiger charge is -2.22. The van der Waals surface area contributed by atoms with Crippen LogP contribution in [-0.4, -0.2) is 31.9 Å². The van der Waals surface area contributed by atoms with Gasteiger partial charge in [0, 0.05) is 0 Å². The number of rotatable bonds is 3. The highest BCUT2D eigenvalue weighted by atomic mass is 16.6. The van der Waals surface area contributed by atoms with Crippen LogP contribution in [0.3, 0.4) is 0 Å². The quantitative estimate of drug-likeness (QED) is 0.499. The first kappa shape index (κ1) is 17.6. The molecule has 0 saturated carbocycles. The topological polar surface area (TPSA) is 84.2 Å². The zero-order chi connectivity index (χ0) is 20.0. The van der Waals surface area contributed by atoms with Crippen molar-refractivity contribution < 1.29 is 28.2 Å². The van der Waals surface area contributed by atoms with Gasteiger partial charge in [0.15, 0.2) is 11.5 Å². The van der Waals surface area contributed by atoms with Crippen molar-refractivity contribution in [1.82, 2.24) is 0 Å². The van der Waals surface area contributed by atoms with Gasteiger partial charge in [-0.2, -0.15) is 0 Å². The first-order valence-corrected chi connectivity index (χ1v) is 9.46. The molecule has 2 aliphatic rings. The van der Waals surface area contributed by atoms with Crippen LogP contribution >= 0.6 is 0 Å². The minimum Gasteiger partial charge on any atom is -0.486 e. The molecular formula is C22H18O7. The van der Waals surface area contributed by atoms with E-state index in [0.29, 0.717) is 52.6 Å². The van der Waals surface area contributed by atoms with E-state index in [0.717, 1.165) is 0 Å². The molecule has 3 heterocycles. The lowest BCUT2D eigenvalue weighted by atomic mass is 9.88. The molecule has 2 atom stereocenters. The maximum absolute atomic E-state index is 12.9. The van der Waals surface area contributed by atoms with Gasteiger partial charge in [-0.15, -0.1) is 0 Å². The highest BCUT2D eigenvalue weighted by molar-refractivity contribution is 5.88. The van der Waals surface area contributed by atoms with E-state index in [1.165, 1.54) is 0 Å². The standard InChI is InChI=1S/C22H18O7/c1-2-25-22(24)20-17(12-7-8-15-16(11-12)27-10-9-26-15)18-19(29-20)13-5-3-4-6-14(13)28-21(18)23/h3-8,11,17,20H,2,9-10H2,1H3. The summed E-state index contributed by atoms with van der Waals surface area (Å²) >= 11 is 0. The number of fused-ring (bicyclic) bond motifs is 4. The number of esters is 1. The molecule has 148 valence electrons. The lowest BCUT2D eigenvalue weighted by Crippen LogP contribution is -2.32. The molecule has 0 fully saturated rings. The van der Waals surface area contributed by atoms with Crippen LogP contribution in [-0.2, 0) is 9.53 Å². The molecule has 5 rings (SSSR count). The highest BCUT2D eigenvalue weighted by Gasteiger charge is 2.45. The van der Waals surface area contributed by atoms with E-state index in [-0.39, 0.29) is 6.61 Å². The lowest BCUT2D eigenvalue weighted by molar-refractivity contribution is -0.151. The van der Waals surface area contributed by atoms with Gasteiger partial charge in [0.2, 0.25) is 6.10 Å². The van der Waals surface area contributed by atoms with Gasteiger partial charge in [0.05, 0.1) is 23.5 Å². The fourth-order valence-electron chi connectivity index (χ4n) is 3.88. The summed E-state index contributed by atoms with van der Waals surface area (Å²) < 4.78 is 28.0. The van der Waals surface area contributed by atoms with Crippen molar-refractivity contribution in [2.24, 2.45) is 0 Å². The molecule has 7 heteroatoms. The molecule has 0 aliphatic carbocycles. The van der Waals surface area contributed by atoms with Crippen LogP contribution in [0.2, 0.25) is 0 Å². The number of hydrogen-bond donors (Lipinski definition) is 0. The highest BCUT2D eigenvalue weighted by Crippen LogP contribution is 2.46. The van der Waals surface area contributed by atoms with E-state index in [1.54, 1.807) is 43.3 Å². The monoisotopic (exact) mass is 394 g/mol. The second-order valence-corrected chi connectivity index (χ2v) is 6.80. The SMILES string of the molecule is CCOC(=O)C1Oc2c(c(=O)oc3ccccc23)C1c1ccc2c(c1)OCCO2. The van der Waals surface area contributed by atoms with E-state index < -0.39 is 23.6 Å². The second kappa shape index (κ2) is 6.84. The van der Waals surface area contributed by atoms with Gasteiger partial charge < -0.3 is 23.4 Å². The zero-order valence-electron chi connectivity index (χ0n) is 15.7. The minimum atomic E-state index is -0.999. The minimum absolute atomic E-state index is 0.207. The van der Waals surface area contributed by atoms with E-state index in [2.05, 4.69) is 0 Å². The van der Waals surface area contributed by atoms with Gasteiger partial charge in [-0.3, -0.25) is 0 Å². The van der Waals surface area contributed by atoms with Gasteiger partial charge in [-0.05, 0) is 36.8 Å². The third-order valence-electron chi connectivity index (χ3n) is 5.10. The first-order chi connectivity index (χ1) is 14.2. The normalized spacial score (nSPS) is 19.5. The Balaban J connectivity index is 1.70. The van der Waals surface area contributed by atoms with Crippen molar-refractivity contribution in [1.29, 1.82) is 0 Å². The molecule has 2 unspecified atom stereocenters. The Labute approximate surface area is 165 Å². The molecule has 2 aliphatic heterocycles. The molecule has 1 aromatic heterocycles. The van der Waals surface area contributed by atoms with Crippen LogP contribution in [0.4, 0.5) is 0 Å². The first-order valence-electron chi connectivity index (χ1n) is 9.46. The Hall–Kier alpha value is -3.48. The average molecular weight is 394 g/mol. The van der Waals surface area contributed by atoms with E-state index >= 15 is 0 Å². The molecule has 0 amide bonds. The summed E-state index contributed by atoms with van der Waals surface area (Å²) in [6.45, 7) is 2.84. The summed E-state index contributed by atoms with van der Waals surface area (Å²) in [6, 6.07) is 12.4. The van der Waals surface area contributed by atoms with Crippen LogP contribution in [0.25, 0.3) is 11.0 Å². The Morgan fingerprint density at radius 1 is 1.10 bits per heavy atom. The Morgan fingerprint density at radius 2 is 1.90 bits per heavy atom. The summed E-state index contributed by atoms with van der Waals surface area (Å²) in [6.07, 6.45) is -0.999. The maximum Gasteiger partial charge on any atom is 0.348 e. The number of benzene rings is 2. The van der Waals surface area contributed by atoms with Crippen molar-refractivity contribution in [3.63, 3.8) is 0 Å². The number of hydrogen-bond acceptors (Lipinski definition) is 7. The summed E-state index contributed by atoms with van der Waals surface area (Å²) in [4.78, 5) is 25.6. The predicted molar refractivity (Wildman–Crippen MR) is 103 cm³/mol. The Morgan fingerprint density at radius 3 is 2.72 bits per heavy atom. The zero-order valence-corrected chi connectivity index (χ0v) is 15.7. The number of ether oxygens (including phenoxy) is 4. The van der Waals surface area contributed by atoms with Gasteiger partial charge >= 0.3 is 11.6 Å². The Kier molecular flexibility index (Phi) is 4.16. The van der Waals surface area contributed by atoms with Crippen LogP contribution in [0.1, 0.15) is 24.0 Å². The van der Waals surface area contributed by atoms with Crippen molar-refractivity contribution >= 4 is 16.9 Å². The molecule has 0 saturated heterocycles. The van der Waals surface area contributed by atoms with Gasteiger partial charge in [-0.1, -0.05) is 18.2 Å². The van der Waals surface area contributed by atoms with Gasteiger partial charge in [-0.25, -0.2) is 9.59 Å². The number of carbonyl (C=O) groups excluding carboxylic acids is 1. The fraction of sp³-hybridized carbons (Fsp3) is 0.273. The summed E-state index contributed by atoms with van der Waals surface area (Å²) in [5.74, 6) is 0.329. The average Bonchev–Trinajstić information content (AvgIpc) is 3.15. The van der Waals surface area contributed by atoms with E-state index in [4.69, 9.17) is 23.4 Å². The Bertz CT molecular complexity index is 1160. The van der Waals surface area contributed by atoms with Crippen LogP contribution < -0.4 is 19.8 Å². The molecule has 3 aromatic rings. The molecule has 2 aromatic carbocycles. The smallest absolute Gasteiger partial charge is 0.348 e.